The van der Waals surface area contributed by atoms with Crippen molar-refractivity contribution in [1.82, 2.24) is 0 Å². The van der Waals surface area contributed by atoms with E-state index < -0.39 is 11.4 Å². The molecule has 0 aliphatic heterocycles. The minimum Gasteiger partial charge on any atom is -0.367 e. The Morgan fingerprint density at radius 2 is 2.11 bits per heavy atom. The summed E-state index contributed by atoms with van der Waals surface area (Å²) in [5, 5.41) is 0. The predicted molar refractivity (Wildman–Crippen MR) is 71.3 cm³/mol. The molecule has 0 spiro atoms. The van der Waals surface area contributed by atoms with Gasteiger partial charge in [0, 0.05) is 11.1 Å². The van der Waals surface area contributed by atoms with Crippen molar-refractivity contribution < 1.29 is 13.9 Å². The van der Waals surface area contributed by atoms with Crippen LogP contribution >= 0.6 is 15.9 Å². The fraction of sp³-hybridized carbons (Fsp3) is 0.500. The van der Waals surface area contributed by atoms with Crippen LogP contribution in [0, 0.1) is 5.82 Å². The van der Waals surface area contributed by atoms with E-state index in [0.29, 0.717) is 23.9 Å². The number of ketones is 1. The Balaban J connectivity index is 2.36. The van der Waals surface area contributed by atoms with E-state index in [0.717, 1.165) is 12.8 Å². The lowest BCUT2D eigenvalue weighted by Crippen LogP contribution is -2.39. The van der Waals surface area contributed by atoms with Crippen molar-refractivity contribution in [3.63, 3.8) is 0 Å². The van der Waals surface area contributed by atoms with Crippen molar-refractivity contribution in [1.29, 1.82) is 0 Å². The number of carbonyl (C=O) groups excluding carboxylic acids is 1. The number of hydrogen-bond donors (Lipinski definition) is 0. The average Bonchev–Trinajstić information content (AvgIpc) is 2.82. The molecule has 98 valence electrons. The van der Waals surface area contributed by atoms with Gasteiger partial charge in [0.05, 0.1) is 5.56 Å². The van der Waals surface area contributed by atoms with Gasteiger partial charge in [-0.3, -0.25) is 4.79 Å². The molecule has 18 heavy (non-hydrogen) atoms. The third-order valence-corrected chi connectivity index (χ3v) is 3.91. The van der Waals surface area contributed by atoms with E-state index >= 15 is 0 Å². The molecule has 0 radical (unpaired) electrons. The second kappa shape index (κ2) is 5.49. The molecule has 1 aromatic carbocycles. The molecule has 2 nitrogen and oxygen atoms in total. The lowest BCUT2D eigenvalue weighted by atomic mass is 9.90. The molecule has 2 rings (SSSR count). The van der Waals surface area contributed by atoms with E-state index in [4.69, 9.17) is 4.74 Å². The van der Waals surface area contributed by atoms with Crippen molar-refractivity contribution >= 4 is 21.7 Å². The summed E-state index contributed by atoms with van der Waals surface area (Å²) >= 11 is 3.27. The topological polar surface area (TPSA) is 26.3 Å². The van der Waals surface area contributed by atoms with Gasteiger partial charge in [-0.15, -0.1) is 0 Å². The average molecular weight is 315 g/mol. The van der Waals surface area contributed by atoms with Gasteiger partial charge >= 0.3 is 0 Å². The van der Waals surface area contributed by atoms with Crippen LogP contribution in [0.5, 0.6) is 0 Å². The summed E-state index contributed by atoms with van der Waals surface area (Å²) in [6.07, 6.45) is 3.29. The Labute approximate surface area is 115 Å². The summed E-state index contributed by atoms with van der Waals surface area (Å²) in [4.78, 5) is 12.5. The van der Waals surface area contributed by atoms with E-state index in [1.54, 1.807) is 6.07 Å². The third kappa shape index (κ3) is 2.50. The first-order valence-electron chi connectivity index (χ1n) is 6.23. The van der Waals surface area contributed by atoms with E-state index in [-0.39, 0.29) is 11.3 Å². The number of ether oxygens (including phenoxy) is 1. The first-order chi connectivity index (χ1) is 8.59. The van der Waals surface area contributed by atoms with E-state index in [1.165, 1.54) is 12.1 Å². The molecule has 1 fully saturated rings. The molecular formula is C14H16BrFO2. The van der Waals surface area contributed by atoms with Crippen molar-refractivity contribution in [3.8, 4) is 0 Å². The maximum absolute atomic E-state index is 13.8. The van der Waals surface area contributed by atoms with Gasteiger partial charge in [-0.05, 0) is 50.8 Å². The quantitative estimate of drug-likeness (QED) is 0.781. The Hall–Kier alpha value is -0.740. The molecule has 0 unspecified atom stereocenters. The maximum Gasteiger partial charge on any atom is 0.197 e. The van der Waals surface area contributed by atoms with Crippen molar-refractivity contribution in [2.45, 2.75) is 38.2 Å². The van der Waals surface area contributed by atoms with Gasteiger partial charge in [-0.1, -0.05) is 15.9 Å². The minimum absolute atomic E-state index is 0.125. The number of rotatable bonds is 4. The summed E-state index contributed by atoms with van der Waals surface area (Å²) in [5.74, 6) is -0.699. The van der Waals surface area contributed by atoms with Crippen LogP contribution in [-0.4, -0.2) is 18.0 Å². The van der Waals surface area contributed by atoms with Crippen LogP contribution in [-0.2, 0) is 4.74 Å². The second-order valence-electron chi connectivity index (χ2n) is 4.59. The first-order valence-corrected chi connectivity index (χ1v) is 7.02. The van der Waals surface area contributed by atoms with Gasteiger partial charge in [-0.2, -0.15) is 0 Å². The van der Waals surface area contributed by atoms with Crippen LogP contribution in [0.1, 0.15) is 43.0 Å². The fourth-order valence-electron chi connectivity index (χ4n) is 2.58. The van der Waals surface area contributed by atoms with Crippen LogP contribution in [0.2, 0.25) is 0 Å². The minimum atomic E-state index is -0.809. The normalized spacial score (nSPS) is 17.9. The van der Waals surface area contributed by atoms with E-state index in [2.05, 4.69) is 15.9 Å². The highest BCUT2D eigenvalue weighted by molar-refractivity contribution is 9.10. The highest BCUT2D eigenvalue weighted by Gasteiger charge is 2.43. The number of halogens is 2. The van der Waals surface area contributed by atoms with Gasteiger partial charge < -0.3 is 4.74 Å². The first kappa shape index (κ1) is 13.7. The zero-order valence-corrected chi connectivity index (χ0v) is 11.9. The van der Waals surface area contributed by atoms with Crippen molar-refractivity contribution in [2.24, 2.45) is 0 Å². The van der Waals surface area contributed by atoms with Gasteiger partial charge in [0.15, 0.2) is 5.78 Å². The van der Waals surface area contributed by atoms with Gasteiger partial charge in [-0.25, -0.2) is 4.39 Å². The molecule has 0 atom stereocenters. The van der Waals surface area contributed by atoms with E-state index in [1.807, 2.05) is 6.92 Å². The lowest BCUT2D eigenvalue weighted by Gasteiger charge is -2.27. The molecule has 0 bridgehead atoms. The van der Waals surface area contributed by atoms with Crippen LogP contribution in [0.15, 0.2) is 22.7 Å². The highest BCUT2D eigenvalue weighted by atomic mass is 79.9. The molecular weight excluding hydrogens is 299 g/mol. The lowest BCUT2D eigenvalue weighted by molar-refractivity contribution is -0.0166. The monoisotopic (exact) mass is 314 g/mol. The Morgan fingerprint density at radius 1 is 1.44 bits per heavy atom. The molecule has 0 aromatic heterocycles. The molecule has 1 aromatic rings. The van der Waals surface area contributed by atoms with Gasteiger partial charge in [0.25, 0.3) is 0 Å². The molecule has 0 saturated heterocycles. The molecule has 0 amide bonds. The number of benzene rings is 1. The molecule has 1 aliphatic rings. The van der Waals surface area contributed by atoms with Gasteiger partial charge in [0.1, 0.15) is 11.4 Å². The molecule has 1 aliphatic carbocycles. The fourth-order valence-corrected chi connectivity index (χ4v) is 2.94. The summed E-state index contributed by atoms with van der Waals surface area (Å²) in [7, 11) is 0. The standard InChI is InChI=1S/C14H16BrFO2/c1-2-18-14(7-3-4-8-14)13(17)11-9-10(15)5-6-12(11)16/h5-6,9H,2-4,7-8H2,1H3. The van der Waals surface area contributed by atoms with Crippen LogP contribution in [0.25, 0.3) is 0 Å². The van der Waals surface area contributed by atoms with Crippen LogP contribution in [0.4, 0.5) is 4.39 Å². The number of hydrogen-bond acceptors (Lipinski definition) is 2. The Bertz CT molecular complexity index is 453. The zero-order chi connectivity index (χ0) is 13.2. The molecule has 1 saturated carbocycles. The Morgan fingerprint density at radius 3 is 2.72 bits per heavy atom. The van der Waals surface area contributed by atoms with Crippen molar-refractivity contribution in [2.75, 3.05) is 6.61 Å². The molecule has 0 heterocycles. The number of carbonyl (C=O) groups is 1. The van der Waals surface area contributed by atoms with E-state index in [9.17, 15) is 9.18 Å². The van der Waals surface area contributed by atoms with Crippen molar-refractivity contribution in [3.05, 3.63) is 34.1 Å². The van der Waals surface area contributed by atoms with Gasteiger partial charge in [0.2, 0.25) is 0 Å². The summed E-state index contributed by atoms with van der Waals surface area (Å²) in [6, 6.07) is 4.44. The predicted octanol–water partition coefficient (Wildman–Crippen LogP) is 4.12. The van der Waals surface area contributed by atoms with Crippen LogP contribution in [0.3, 0.4) is 0 Å². The highest BCUT2D eigenvalue weighted by Crippen LogP contribution is 2.37. The summed E-state index contributed by atoms with van der Waals surface area (Å²) in [5.41, 5.74) is -0.684. The summed E-state index contributed by atoms with van der Waals surface area (Å²) < 4.78 is 20.2. The Kier molecular flexibility index (Phi) is 4.17. The largest absolute Gasteiger partial charge is 0.367 e. The second-order valence-corrected chi connectivity index (χ2v) is 5.50. The maximum atomic E-state index is 13.8. The SMILES string of the molecule is CCOC1(C(=O)c2cc(Br)ccc2F)CCCC1. The molecule has 0 N–H and O–H groups in total. The smallest absolute Gasteiger partial charge is 0.197 e. The third-order valence-electron chi connectivity index (χ3n) is 3.42. The summed E-state index contributed by atoms with van der Waals surface area (Å²) in [6.45, 7) is 2.34. The zero-order valence-electron chi connectivity index (χ0n) is 10.3. The molecule has 4 heteroatoms. The number of Topliss-reactive ketones (excluding diaryl/α,β-unsaturated/α-hetero) is 1. The van der Waals surface area contributed by atoms with Crippen LogP contribution < -0.4 is 0 Å².